The molecule has 0 bridgehead atoms. The molecule has 1 saturated heterocycles. The fourth-order valence-electron chi connectivity index (χ4n) is 2.67. The summed E-state index contributed by atoms with van der Waals surface area (Å²) in [5.74, 6) is 1.58. The topological polar surface area (TPSA) is 66.7 Å². The Labute approximate surface area is 135 Å². The highest BCUT2D eigenvalue weighted by atomic mass is 32.2. The van der Waals surface area contributed by atoms with Crippen LogP contribution in [-0.2, 0) is 11.2 Å². The van der Waals surface area contributed by atoms with Gasteiger partial charge in [0.25, 0.3) is 5.91 Å². The first-order valence-corrected chi connectivity index (χ1v) is 8.83. The Hall–Kier alpha value is -1.50. The number of hydrogen-bond donors (Lipinski definition) is 0. The van der Waals surface area contributed by atoms with Crippen molar-refractivity contribution in [2.24, 2.45) is 0 Å². The van der Waals surface area contributed by atoms with E-state index in [0.29, 0.717) is 48.2 Å². The molecule has 7 heteroatoms. The van der Waals surface area contributed by atoms with Gasteiger partial charge in [-0.3, -0.25) is 9.59 Å². The van der Waals surface area contributed by atoms with Crippen LogP contribution < -0.4 is 0 Å². The predicted octanol–water partition coefficient (Wildman–Crippen LogP) is 1.93. The number of aryl methyl sites for hydroxylation is 2. The van der Waals surface area contributed by atoms with Crippen LogP contribution in [0.1, 0.15) is 42.6 Å². The fraction of sp³-hybridized carbons (Fsp3) is 0.667. The van der Waals surface area contributed by atoms with Crippen LogP contribution in [0.2, 0.25) is 0 Å². The SMILES string of the molecule is CCc1noc(C)c1C(=O)N1CSCC1C(=O)N(CC)CC. The lowest BCUT2D eigenvalue weighted by Gasteiger charge is -2.28. The van der Waals surface area contributed by atoms with E-state index in [0.717, 1.165) is 0 Å². The number of amides is 2. The molecule has 0 aromatic carbocycles. The Bertz CT molecular complexity index is 554. The van der Waals surface area contributed by atoms with Gasteiger partial charge in [0.1, 0.15) is 17.4 Å². The zero-order chi connectivity index (χ0) is 16.3. The minimum Gasteiger partial charge on any atom is -0.361 e. The molecule has 1 aliphatic heterocycles. The number of likely N-dealkylation sites (N-methyl/N-ethyl adjacent to an activating group) is 1. The molecule has 2 heterocycles. The zero-order valence-corrected chi connectivity index (χ0v) is 14.4. The lowest BCUT2D eigenvalue weighted by atomic mass is 10.1. The van der Waals surface area contributed by atoms with Gasteiger partial charge in [0, 0.05) is 18.8 Å². The monoisotopic (exact) mass is 325 g/mol. The van der Waals surface area contributed by atoms with E-state index in [4.69, 9.17) is 4.52 Å². The second-order valence-corrected chi connectivity index (χ2v) is 6.21. The number of rotatable bonds is 5. The number of nitrogens with zero attached hydrogens (tertiary/aromatic N) is 3. The summed E-state index contributed by atoms with van der Waals surface area (Å²) < 4.78 is 5.15. The van der Waals surface area contributed by atoms with Crippen molar-refractivity contribution in [3.8, 4) is 0 Å². The van der Waals surface area contributed by atoms with Crippen molar-refractivity contribution < 1.29 is 14.1 Å². The molecule has 1 aromatic heterocycles. The second-order valence-electron chi connectivity index (χ2n) is 5.22. The van der Waals surface area contributed by atoms with Crippen LogP contribution in [0.4, 0.5) is 0 Å². The molecule has 22 heavy (non-hydrogen) atoms. The molecule has 1 fully saturated rings. The van der Waals surface area contributed by atoms with Crippen LogP contribution in [0.3, 0.4) is 0 Å². The highest BCUT2D eigenvalue weighted by molar-refractivity contribution is 7.99. The van der Waals surface area contributed by atoms with E-state index in [-0.39, 0.29) is 11.8 Å². The van der Waals surface area contributed by atoms with Crippen LogP contribution in [0.5, 0.6) is 0 Å². The van der Waals surface area contributed by atoms with E-state index in [1.807, 2.05) is 20.8 Å². The van der Waals surface area contributed by atoms with Crippen LogP contribution in [-0.4, -0.2) is 57.5 Å². The third kappa shape index (κ3) is 2.99. The van der Waals surface area contributed by atoms with Gasteiger partial charge in [0.15, 0.2) is 0 Å². The lowest BCUT2D eigenvalue weighted by molar-refractivity contribution is -0.134. The number of hydrogen-bond acceptors (Lipinski definition) is 5. The first kappa shape index (κ1) is 16.9. The van der Waals surface area contributed by atoms with Crippen molar-refractivity contribution >= 4 is 23.6 Å². The zero-order valence-electron chi connectivity index (χ0n) is 13.6. The summed E-state index contributed by atoms with van der Waals surface area (Å²) in [4.78, 5) is 28.9. The quantitative estimate of drug-likeness (QED) is 0.827. The molecule has 1 aromatic rings. The first-order chi connectivity index (χ1) is 10.5. The Morgan fingerprint density at radius 2 is 2.05 bits per heavy atom. The molecule has 0 N–H and O–H groups in total. The van der Waals surface area contributed by atoms with Gasteiger partial charge in [-0.1, -0.05) is 12.1 Å². The molecule has 0 spiro atoms. The van der Waals surface area contributed by atoms with E-state index < -0.39 is 6.04 Å². The van der Waals surface area contributed by atoms with E-state index >= 15 is 0 Å². The van der Waals surface area contributed by atoms with E-state index in [1.54, 1.807) is 28.5 Å². The average Bonchev–Trinajstić information content (AvgIpc) is 3.14. The van der Waals surface area contributed by atoms with E-state index in [2.05, 4.69) is 5.16 Å². The molecule has 122 valence electrons. The van der Waals surface area contributed by atoms with Crippen LogP contribution in [0, 0.1) is 6.92 Å². The summed E-state index contributed by atoms with van der Waals surface area (Å²) in [6, 6.07) is -0.392. The van der Waals surface area contributed by atoms with Crippen molar-refractivity contribution in [1.29, 1.82) is 0 Å². The molecule has 0 saturated carbocycles. The molecular formula is C15H23N3O3S. The highest BCUT2D eigenvalue weighted by Crippen LogP contribution is 2.27. The Balaban J connectivity index is 2.25. The summed E-state index contributed by atoms with van der Waals surface area (Å²) >= 11 is 1.61. The molecule has 2 amide bonds. The maximum Gasteiger partial charge on any atom is 0.260 e. The molecule has 6 nitrogen and oxygen atoms in total. The summed E-state index contributed by atoms with van der Waals surface area (Å²) in [6.07, 6.45) is 0.633. The van der Waals surface area contributed by atoms with Gasteiger partial charge in [-0.25, -0.2) is 0 Å². The highest BCUT2D eigenvalue weighted by Gasteiger charge is 2.38. The van der Waals surface area contributed by atoms with Crippen molar-refractivity contribution in [2.45, 2.75) is 40.2 Å². The van der Waals surface area contributed by atoms with Gasteiger partial charge in [-0.15, -0.1) is 11.8 Å². The smallest absolute Gasteiger partial charge is 0.260 e. The fourth-order valence-corrected chi connectivity index (χ4v) is 3.82. The maximum absolute atomic E-state index is 12.9. The molecule has 0 aliphatic carbocycles. The minimum atomic E-state index is -0.392. The van der Waals surface area contributed by atoms with Gasteiger partial charge in [0.05, 0.1) is 11.6 Å². The van der Waals surface area contributed by atoms with Crippen molar-refractivity contribution in [3.63, 3.8) is 0 Å². The standard InChI is InChI=1S/C15H23N3O3S/c1-5-11-13(10(4)21-16-11)15(20)18-9-22-8-12(18)14(19)17(6-2)7-3/h12H,5-9H2,1-4H3. The predicted molar refractivity (Wildman–Crippen MR) is 85.8 cm³/mol. The molecule has 1 unspecified atom stereocenters. The van der Waals surface area contributed by atoms with Crippen molar-refractivity contribution in [1.82, 2.24) is 15.0 Å². The first-order valence-electron chi connectivity index (χ1n) is 7.67. The third-order valence-corrected chi connectivity index (χ3v) is 5.00. The summed E-state index contributed by atoms with van der Waals surface area (Å²) in [7, 11) is 0. The molecule has 2 rings (SSSR count). The molecule has 1 atom stereocenters. The van der Waals surface area contributed by atoms with Gasteiger partial charge >= 0.3 is 0 Å². The van der Waals surface area contributed by atoms with Crippen LogP contribution >= 0.6 is 11.8 Å². The Morgan fingerprint density at radius 1 is 1.36 bits per heavy atom. The minimum absolute atomic E-state index is 0.0236. The number of thioether (sulfide) groups is 1. The van der Waals surface area contributed by atoms with E-state index in [1.165, 1.54) is 0 Å². The van der Waals surface area contributed by atoms with Gasteiger partial charge in [0.2, 0.25) is 5.91 Å². The number of carbonyl (C=O) groups is 2. The normalized spacial score (nSPS) is 17.8. The number of carbonyl (C=O) groups excluding carboxylic acids is 2. The van der Waals surface area contributed by atoms with Crippen LogP contribution in [0.15, 0.2) is 4.52 Å². The van der Waals surface area contributed by atoms with Crippen molar-refractivity contribution in [3.05, 3.63) is 17.0 Å². The maximum atomic E-state index is 12.9. The average molecular weight is 325 g/mol. The Kier molecular flexibility index (Phi) is 5.50. The Morgan fingerprint density at radius 3 is 2.64 bits per heavy atom. The van der Waals surface area contributed by atoms with Crippen molar-refractivity contribution in [2.75, 3.05) is 24.7 Å². The van der Waals surface area contributed by atoms with Gasteiger partial charge < -0.3 is 14.3 Å². The van der Waals surface area contributed by atoms with E-state index in [9.17, 15) is 9.59 Å². The summed E-state index contributed by atoms with van der Waals surface area (Å²) in [5, 5.41) is 3.94. The molecule has 1 aliphatic rings. The van der Waals surface area contributed by atoms with Gasteiger partial charge in [-0.05, 0) is 27.2 Å². The largest absolute Gasteiger partial charge is 0.361 e. The lowest BCUT2D eigenvalue weighted by Crippen LogP contribution is -2.49. The summed E-state index contributed by atoms with van der Waals surface area (Å²) in [6.45, 7) is 8.90. The van der Waals surface area contributed by atoms with Crippen LogP contribution in [0.25, 0.3) is 0 Å². The second kappa shape index (κ2) is 7.17. The molecular weight excluding hydrogens is 302 g/mol. The third-order valence-electron chi connectivity index (χ3n) is 3.99. The number of aromatic nitrogens is 1. The van der Waals surface area contributed by atoms with Gasteiger partial charge in [-0.2, -0.15) is 0 Å². The summed E-state index contributed by atoms with van der Waals surface area (Å²) in [5.41, 5.74) is 1.18. The molecule has 0 radical (unpaired) electrons.